The highest BCUT2D eigenvalue weighted by Crippen LogP contribution is 2.31. The van der Waals surface area contributed by atoms with E-state index in [9.17, 15) is 9.59 Å². The average molecular weight is 409 g/mol. The molecule has 1 aromatic rings. The number of benzene rings is 1. The van der Waals surface area contributed by atoms with Gasteiger partial charge in [-0.3, -0.25) is 15.0 Å². The van der Waals surface area contributed by atoms with E-state index in [4.69, 9.17) is 5.73 Å². The summed E-state index contributed by atoms with van der Waals surface area (Å²) in [6, 6.07) is 10.1. The van der Waals surface area contributed by atoms with Crippen LogP contribution in [0.3, 0.4) is 0 Å². The molecule has 2 unspecified atom stereocenters. The lowest BCUT2D eigenvalue weighted by molar-refractivity contribution is -0.121. The molecule has 3 amide bonds. The maximum Gasteiger partial charge on any atom is 0.321 e. The normalized spacial score (nSPS) is 27.6. The van der Waals surface area contributed by atoms with E-state index in [1.54, 1.807) is 0 Å². The van der Waals surface area contributed by atoms with Crippen molar-refractivity contribution < 1.29 is 9.59 Å². The van der Waals surface area contributed by atoms with Gasteiger partial charge in [-0.15, -0.1) is 12.4 Å². The molecule has 4 atom stereocenters. The third-order valence-electron chi connectivity index (χ3n) is 6.10. The molecular formula is C21H33ClN4O2. The summed E-state index contributed by atoms with van der Waals surface area (Å²) in [6.07, 6.45) is 4.48. The molecule has 0 radical (unpaired) electrons. The first-order chi connectivity index (χ1) is 13.1. The van der Waals surface area contributed by atoms with Crippen molar-refractivity contribution in [2.24, 2.45) is 17.6 Å². The van der Waals surface area contributed by atoms with Crippen molar-refractivity contribution in [3.05, 3.63) is 35.9 Å². The van der Waals surface area contributed by atoms with Gasteiger partial charge in [-0.1, -0.05) is 50.1 Å². The Morgan fingerprint density at radius 3 is 2.54 bits per heavy atom. The minimum atomic E-state index is -0.368. The number of likely N-dealkylation sites (tertiary alicyclic amines) is 1. The van der Waals surface area contributed by atoms with Gasteiger partial charge >= 0.3 is 6.03 Å². The lowest BCUT2D eigenvalue weighted by Gasteiger charge is -2.29. The van der Waals surface area contributed by atoms with Crippen molar-refractivity contribution in [1.82, 2.24) is 15.5 Å². The summed E-state index contributed by atoms with van der Waals surface area (Å²) in [5.74, 6) is 0.883. The second kappa shape index (κ2) is 10.8. The van der Waals surface area contributed by atoms with Gasteiger partial charge in [-0.25, -0.2) is 4.79 Å². The molecule has 0 aromatic heterocycles. The van der Waals surface area contributed by atoms with Crippen LogP contribution in [-0.2, 0) is 4.79 Å². The zero-order valence-corrected chi connectivity index (χ0v) is 17.4. The van der Waals surface area contributed by atoms with Gasteiger partial charge in [0, 0.05) is 25.0 Å². The Morgan fingerprint density at radius 2 is 1.86 bits per heavy atom. The van der Waals surface area contributed by atoms with Crippen molar-refractivity contribution in [3.63, 3.8) is 0 Å². The summed E-state index contributed by atoms with van der Waals surface area (Å²) in [5, 5.41) is 5.47. The number of urea groups is 1. The Kier molecular flexibility index (Phi) is 8.73. The number of carbonyl (C=O) groups is 2. The second-order valence-corrected chi connectivity index (χ2v) is 8.10. The van der Waals surface area contributed by atoms with Crippen LogP contribution in [0.4, 0.5) is 4.79 Å². The number of carbonyl (C=O) groups excluding carboxylic acids is 2. The lowest BCUT2D eigenvalue weighted by Crippen LogP contribution is -2.49. The monoisotopic (exact) mass is 408 g/mol. The van der Waals surface area contributed by atoms with Gasteiger partial charge in [0.25, 0.3) is 0 Å². The summed E-state index contributed by atoms with van der Waals surface area (Å²) in [6.45, 7) is 4.56. The van der Waals surface area contributed by atoms with Crippen LogP contribution in [0.1, 0.15) is 44.1 Å². The number of amides is 3. The fraction of sp³-hybridized carbons (Fsp3) is 0.619. The molecule has 6 nitrogen and oxygen atoms in total. The van der Waals surface area contributed by atoms with Crippen LogP contribution in [-0.4, -0.2) is 49.1 Å². The van der Waals surface area contributed by atoms with E-state index in [1.165, 1.54) is 12.0 Å². The standard InChI is InChI=1S/C21H32N4O2.ClH/c1-15-7-5-6-10-19(15)23-21(27)24-20(26)14-25-12-17(11-22)18(13-25)16-8-3-2-4-9-16;/h2-4,8-9,15,17-19H,5-7,10-14,22H2,1H3,(H2,23,24,26,27);1H/t15?,17-,18+,19?;/m1./s1. The molecule has 1 aromatic carbocycles. The molecule has 2 fully saturated rings. The molecule has 4 N–H and O–H groups in total. The van der Waals surface area contributed by atoms with Crippen LogP contribution in [0, 0.1) is 11.8 Å². The van der Waals surface area contributed by atoms with Crippen LogP contribution in [0.15, 0.2) is 30.3 Å². The van der Waals surface area contributed by atoms with Gasteiger partial charge in [0.15, 0.2) is 0 Å². The Morgan fingerprint density at radius 1 is 1.14 bits per heavy atom. The Hall–Kier alpha value is -1.63. The van der Waals surface area contributed by atoms with Crippen molar-refractivity contribution in [1.29, 1.82) is 0 Å². The first-order valence-corrected chi connectivity index (χ1v) is 10.1. The molecule has 156 valence electrons. The molecule has 3 rings (SSSR count). The number of nitrogens with one attached hydrogen (secondary N) is 2. The number of hydrogen-bond donors (Lipinski definition) is 3. The summed E-state index contributed by atoms with van der Waals surface area (Å²) in [5.41, 5.74) is 7.22. The zero-order valence-electron chi connectivity index (χ0n) is 16.6. The maximum atomic E-state index is 12.3. The van der Waals surface area contributed by atoms with Crippen molar-refractivity contribution in [3.8, 4) is 0 Å². The molecular weight excluding hydrogens is 376 g/mol. The maximum absolute atomic E-state index is 12.3. The predicted octanol–water partition coefficient (Wildman–Crippen LogP) is 2.49. The van der Waals surface area contributed by atoms with E-state index in [0.29, 0.717) is 24.3 Å². The summed E-state index contributed by atoms with van der Waals surface area (Å²) < 4.78 is 0. The van der Waals surface area contributed by atoms with Gasteiger partial charge in [-0.05, 0) is 36.8 Å². The van der Waals surface area contributed by atoms with E-state index in [-0.39, 0.29) is 36.9 Å². The lowest BCUT2D eigenvalue weighted by atomic mass is 9.86. The quantitative estimate of drug-likeness (QED) is 0.698. The number of halogens is 1. The molecule has 1 aliphatic heterocycles. The van der Waals surface area contributed by atoms with E-state index < -0.39 is 0 Å². The third kappa shape index (κ3) is 5.93. The highest BCUT2D eigenvalue weighted by atomic mass is 35.5. The van der Waals surface area contributed by atoms with Gasteiger partial charge in [0.1, 0.15) is 0 Å². The topological polar surface area (TPSA) is 87.5 Å². The van der Waals surface area contributed by atoms with Crippen LogP contribution in [0.25, 0.3) is 0 Å². The van der Waals surface area contributed by atoms with Crippen LogP contribution in [0.2, 0.25) is 0 Å². The number of nitrogens with two attached hydrogens (primary N) is 1. The van der Waals surface area contributed by atoms with Gasteiger partial charge in [-0.2, -0.15) is 0 Å². The van der Waals surface area contributed by atoms with Crippen LogP contribution >= 0.6 is 12.4 Å². The molecule has 1 saturated carbocycles. The van der Waals surface area contributed by atoms with Gasteiger partial charge in [0.05, 0.1) is 6.54 Å². The Labute approximate surface area is 174 Å². The van der Waals surface area contributed by atoms with Crippen molar-refractivity contribution in [2.45, 2.75) is 44.6 Å². The molecule has 0 bridgehead atoms. The third-order valence-corrected chi connectivity index (χ3v) is 6.10. The molecule has 1 aliphatic carbocycles. The molecule has 1 saturated heterocycles. The summed E-state index contributed by atoms with van der Waals surface area (Å²) in [7, 11) is 0. The van der Waals surface area contributed by atoms with E-state index in [0.717, 1.165) is 32.4 Å². The van der Waals surface area contributed by atoms with Crippen molar-refractivity contribution in [2.75, 3.05) is 26.2 Å². The number of rotatable bonds is 5. The molecule has 2 aliphatic rings. The van der Waals surface area contributed by atoms with E-state index in [1.807, 2.05) is 18.2 Å². The van der Waals surface area contributed by atoms with Gasteiger partial charge in [0.2, 0.25) is 5.91 Å². The zero-order chi connectivity index (χ0) is 19.2. The number of nitrogens with zero attached hydrogens (tertiary/aromatic N) is 1. The fourth-order valence-corrected chi connectivity index (χ4v) is 4.51. The largest absolute Gasteiger partial charge is 0.335 e. The molecule has 28 heavy (non-hydrogen) atoms. The average Bonchev–Trinajstić information content (AvgIpc) is 3.07. The second-order valence-electron chi connectivity index (χ2n) is 8.10. The SMILES string of the molecule is CC1CCCCC1NC(=O)NC(=O)CN1C[C@@H](CN)[C@H](c2ccccc2)C1.Cl. The molecule has 0 spiro atoms. The highest BCUT2D eigenvalue weighted by molar-refractivity contribution is 5.95. The first-order valence-electron chi connectivity index (χ1n) is 10.1. The summed E-state index contributed by atoms with van der Waals surface area (Å²) in [4.78, 5) is 26.6. The molecule has 7 heteroatoms. The van der Waals surface area contributed by atoms with E-state index in [2.05, 4.69) is 34.6 Å². The van der Waals surface area contributed by atoms with Crippen LogP contribution < -0.4 is 16.4 Å². The summed E-state index contributed by atoms with van der Waals surface area (Å²) >= 11 is 0. The Balaban J connectivity index is 0.00000280. The molecule has 1 heterocycles. The Bertz CT molecular complexity index is 643. The minimum absolute atomic E-state index is 0. The number of hydrogen-bond acceptors (Lipinski definition) is 4. The van der Waals surface area contributed by atoms with E-state index >= 15 is 0 Å². The highest BCUT2D eigenvalue weighted by Gasteiger charge is 2.33. The van der Waals surface area contributed by atoms with Crippen LogP contribution in [0.5, 0.6) is 0 Å². The number of imide groups is 1. The fourth-order valence-electron chi connectivity index (χ4n) is 4.51. The minimum Gasteiger partial charge on any atom is -0.335 e. The van der Waals surface area contributed by atoms with Crippen molar-refractivity contribution >= 4 is 24.3 Å². The predicted molar refractivity (Wildman–Crippen MR) is 114 cm³/mol. The smallest absolute Gasteiger partial charge is 0.321 e. The first kappa shape index (κ1) is 22.7. The van der Waals surface area contributed by atoms with Gasteiger partial charge < -0.3 is 11.1 Å².